The molecule has 1 unspecified atom stereocenters. The molecular formula is C27H44O2. The Bertz CT molecular complexity index is 559. The zero-order valence-electron chi connectivity index (χ0n) is 19.1. The van der Waals surface area contributed by atoms with Gasteiger partial charge in [0.05, 0.1) is 6.61 Å². The van der Waals surface area contributed by atoms with Gasteiger partial charge in [-0.3, -0.25) is 0 Å². The Morgan fingerprint density at radius 1 is 0.862 bits per heavy atom. The van der Waals surface area contributed by atoms with Crippen molar-refractivity contribution in [3.63, 3.8) is 0 Å². The predicted molar refractivity (Wildman–Crippen MR) is 125 cm³/mol. The van der Waals surface area contributed by atoms with E-state index < -0.39 is 0 Å². The van der Waals surface area contributed by atoms with Gasteiger partial charge in [0.2, 0.25) is 0 Å². The number of para-hydroxylation sites is 1. The van der Waals surface area contributed by atoms with Crippen molar-refractivity contribution in [2.75, 3.05) is 13.2 Å². The minimum atomic E-state index is -0.0429. The fourth-order valence-electron chi connectivity index (χ4n) is 3.68. The standard InChI is InChI=1S/C27H44O2/c1-3-4-5-6-7-8-9-10-11-12-13-14-15-16-17-20-25-21-18-19-22-26(25)28-23-27(2)24-29-27/h5-6,18-19,21-22H,3-4,7-17,20,23-24H2,1-2H3/b6-5+. The number of aryl methyl sites for hydroxylation is 1. The van der Waals surface area contributed by atoms with Crippen LogP contribution in [-0.2, 0) is 11.2 Å². The second kappa shape index (κ2) is 14.7. The largest absolute Gasteiger partial charge is 0.490 e. The minimum Gasteiger partial charge on any atom is -0.490 e. The van der Waals surface area contributed by atoms with E-state index in [-0.39, 0.29) is 5.60 Å². The lowest BCUT2D eigenvalue weighted by molar-refractivity contribution is 0.201. The second-order valence-electron chi connectivity index (χ2n) is 8.97. The zero-order chi connectivity index (χ0) is 20.6. The number of ether oxygens (including phenoxy) is 2. The first-order chi connectivity index (χ1) is 14.2. The maximum absolute atomic E-state index is 6.01. The molecule has 1 heterocycles. The van der Waals surface area contributed by atoms with Crippen LogP contribution in [0.2, 0.25) is 0 Å². The molecule has 0 radical (unpaired) electrons. The Hall–Kier alpha value is -1.28. The van der Waals surface area contributed by atoms with Crippen LogP contribution in [0.3, 0.4) is 0 Å². The van der Waals surface area contributed by atoms with Crippen LogP contribution in [0, 0.1) is 0 Å². The fraction of sp³-hybridized carbons (Fsp3) is 0.704. The van der Waals surface area contributed by atoms with Crippen LogP contribution in [0.25, 0.3) is 0 Å². The molecular weight excluding hydrogens is 356 g/mol. The Kier molecular flexibility index (Phi) is 12.1. The van der Waals surface area contributed by atoms with Crippen LogP contribution < -0.4 is 4.74 Å². The van der Waals surface area contributed by atoms with Crippen LogP contribution in [0.4, 0.5) is 0 Å². The third-order valence-electron chi connectivity index (χ3n) is 5.83. The highest BCUT2D eigenvalue weighted by Gasteiger charge is 2.40. The van der Waals surface area contributed by atoms with Crippen molar-refractivity contribution in [3.8, 4) is 5.75 Å². The van der Waals surface area contributed by atoms with Gasteiger partial charge in [-0.25, -0.2) is 0 Å². The van der Waals surface area contributed by atoms with Gasteiger partial charge in [-0.15, -0.1) is 0 Å². The lowest BCUT2D eigenvalue weighted by Gasteiger charge is -2.13. The summed E-state index contributed by atoms with van der Waals surface area (Å²) in [5, 5.41) is 0. The van der Waals surface area contributed by atoms with Gasteiger partial charge in [-0.05, 0) is 50.7 Å². The van der Waals surface area contributed by atoms with Gasteiger partial charge in [0.15, 0.2) is 0 Å². The van der Waals surface area contributed by atoms with Crippen LogP contribution in [0.1, 0.15) is 103 Å². The number of hydrogen-bond acceptors (Lipinski definition) is 2. The summed E-state index contributed by atoms with van der Waals surface area (Å²) in [5.41, 5.74) is 1.31. The van der Waals surface area contributed by atoms with Crippen molar-refractivity contribution in [2.45, 2.75) is 109 Å². The summed E-state index contributed by atoms with van der Waals surface area (Å²) in [5.74, 6) is 1.05. The molecule has 2 heteroatoms. The number of unbranched alkanes of at least 4 members (excludes halogenated alkanes) is 11. The summed E-state index contributed by atoms with van der Waals surface area (Å²) in [6.07, 6.45) is 23.5. The molecule has 29 heavy (non-hydrogen) atoms. The van der Waals surface area contributed by atoms with E-state index in [4.69, 9.17) is 9.47 Å². The summed E-state index contributed by atoms with van der Waals surface area (Å²) in [6.45, 7) is 5.85. The van der Waals surface area contributed by atoms with Gasteiger partial charge in [-0.1, -0.05) is 95.1 Å². The van der Waals surface area contributed by atoms with Crippen LogP contribution in [0.5, 0.6) is 5.75 Å². The summed E-state index contributed by atoms with van der Waals surface area (Å²) in [6, 6.07) is 8.50. The Morgan fingerprint density at radius 2 is 1.45 bits per heavy atom. The molecule has 2 nitrogen and oxygen atoms in total. The van der Waals surface area contributed by atoms with Gasteiger partial charge >= 0.3 is 0 Å². The molecule has 1 atom stereocenters. The average molecular weight is 401 g/mol. The second-order valence-corrected chi connectivity index (χ2v) is 8.97. The van der Waals surface area contributed by atoms with E-state index in [2.05, 4.69) is 50.3 Å². The fourth-order valence-corrected chi connectivity index (χ4v) is 3.68. The lowest BCUT2D eigenvalue weighted by Crippen LogP contribution is -2.17. The van der Waals surface area contributed by atoms with Crippen molar-refractivity contribution < 1.29 is 9.47 Å². The van der Waals surface area contributed by atoms with E-state index in [9.17, 15) is 0 Å². The summed E-state index contributed by atoms with van der Waals surface area (Å²) >= 11 is 0. The van der Waals surface area contributed by atoms with Gasteiger partial charge in [0, 0.05) is 0 Å². The summed E-state index contributed by atoms with van der Waals surface area (Å²) in [4.78, 5) is 0. The molecule has 0 saturated carbocycles. The third kappa shape index (κ3) is 11.5. The molecule has 1 saturated heterocycles. The predicted octanol–water partition coefficient (Wildman–Crippen LogP) is 8.04. The molecule has 2 rings (SSSR count). The van der Waals surface area contributed by atoms with Crippen molar-refractivity contribution in [1.82, 2.24) is 0 Å². The van der Waals surface area contributed by atoms with Crippen LogP contribution in [-0.4, -0.2) is 18.8 Å². The topological polar surface area (TPSA) is 21.8 Å². The van der Waals surface area contributed by atoms with Crippen molar-refractivity contribution in [1.29, 1.82) is 0 Å². The van der Waals surface area contributed by atoms with E-state index in [0.29, 0.717) is 6.61 Å². The van der Waals surface area contributed by atoms with Crippen LogP contribution >= 0.6 is 0 Å². The number of benzene rings is 1. The summed E-state index contributed by atoms with van der Waals surface area (Å²) < 4.78 is 11.4. The normalized spacial score (nSPS) is 18.4. The molecule has 1 aliphatic heterocycles. The molecule has 0 bridgehead atoms. The first-order valence-electron chi connectivity index (χ1n) is 12.2. The maximum Gasteiger partial charge on any atom is 0.123 e. The smallest absolute Gasteiger partial charge is 0.123 e. The molecule has 1 aromatic rings. The average Bonchev–Trinajstić information content (AvgIpc) is 3.47. The number of epoxide rings is 1. The molecule has 1 fully saturated rings. The molecule has 0 spiro atoms. The van der Waals surface area contributed by atoms with Gasteiger partial charge in [-0.2, -0.15) is 0 Å². The third-order valence-corrected chi connectivity index (χ3v) is 5.83. The molecule has 1 aromatic carbocycles. The maximum atomic E-state index is 6.01. The molecule has 0 N–H and O–H groups in total. The SMILES string of the molecule is CCC/C=C/CCCCCCCCCCCCc1ccccc1OCC1(C)CO1. The van der Waals surface area contributed by atoms with Crippen molar-refractivity contribution in [3.05, 3.63) is 42.0 Å². The molecule has 0 aliphatic carbocycles. The first kappa shape index (κ1) is 24.0. The van der Waals surface area contributed by atoms with Crippen molar-refractivity contribution in [2.24, 2.45) is 0 Å². The number of allylic oxidation sites excluding steroid dienone is 2. The summed E-state index contributed by atoms with van der Waals surface area (Å²) in [7, 11) is 0. The minimum absolute atomic E-state index is 0.0429. The Labute approximate surface area is 180 Å². The van der Waals surface area contributed by atoms with E-state index >= 15 is 0 Å². The highest BCUT2D eigenvalue weighted by Crippen LogP contribution is 2.28. The molecule has 0 amide bonds. The quantitative estimate of drug-likeness (QED) is 0.141. The van der Waals surface area contributed by atoms with E-state index in [0.717, 1.165) is 18.8 Å². The number of hydrogen-bond donors (Lipinski definition) is 0. The highest BCUT2D eigenvalue weighted by molar-refractivity contribution is 5.33. The molecule has 0 aromatic heterocycles. The Morgan fingerprint density at radius 3 is 2.10 bits per heavy atom. The van der Waals surface area contributed by atoms with Gasteiger partial charge < -0.3 is 9.47 Å². The Balaban J connectivity index is 1.41. The van der Waals surface area contributed by atoms with E-state index in [1.807, 2.05) is 0 Å². The van der Waals surface area contributed by atoms with Crippen LogP contribution in [0.15, 0.2) is 36.4 Å². The molecule has 164 valence electrons. The first-order valence-corrected chi connectivity index (χ1v) is 12.2. The number of rotatable bonds is 18. The van der Waals surface area contributed by atoms with Gasteiger partial charge in [0.25, 0.3) is 0 Å². The van der Waals surface area contributed by atoms with E-state index in [1.54, 1.807) is 0 Å². The van der Waals surface area contributed by atoms with Crippen molar-refractivity contribution >= 4 is 0 Å². The lowest BCUT2D eigenvalue weighted by atomic mass is 10.0. The monoisotopic (exact) mass is 400 g/mol. The van der Waals surface area contributed by atoms with E-state index in [1.165, 1.54) is 89.0 Å². The molecule has 1 aliphatic rings. The highest BCUT2D eigenvalue weighted by atomic mass is 16.6. The van der Waals surface area contributed by atoms with Gasteiger partial charge in [0.1, 0.15) is 18.0 Å². The zero-order valence-corrected chi connectivity index (χ0v) is 19.1.